The Bertz CT molecular complexity index is 794. The van der Waals surface area contributed by atoms with E-state index in [-0.39, 0.29) is 18.4 Å². The molecule has 0 N–H and O–H groups in total. The first-order valence-corrected chi connectivity index (χ1v) is 10.00. The molecule has 0 radical (unpaired) electrons. The van der Waals surface area contributed by atoms with Crippen LogP contribution in [0.15, 0.2) is 29.4 Å². The quantitative estimate of drug-likeness (QED) is 0.755. The predicted molar refractivity (Wildman–Crippen MR) is 104 cm³/mol. The van der Waals surface area contributed by atoms with Crippen LogP contribution in [0, 0.1) is 5.92 Å². The molecule has 3 rings (SSSR count). The molecule has 2 aromatic rings. The number of hydrogen-bond donors (Lipinski definition) is 0. The molecule has 26 heavy (non-hydrogen) atoms. The van der Waals surface area contributed by atoms with Crippen molar-refractivity contribution in [3.8, 4) is 0 Å². The minimum Gasteiger partial charge on any atom is -0.347 e. The number of hydrogen-bond acceptors (Lipinski definition) is 4. The summed E-state index contributed by atoms with van der Waals surface area (Å²) in [5, 5.41) is 0.722. The van der Waals surface area contributed by atoms with Gasteiger partial charge < -0.3 is 14.4 Å². The fraction of sp³-hybridized carbons (Fsp3) is 0.526. The largest absolute Gasteiger partial charge is 0.347 e. The molecular weight excluding hydrogens is 348 g/mol. The summed E-state index contributed by atoms with van der Waals surface area (Å²) in [6.07, 6.45) is 2.15. The zero-order chi connectivity index (χ0) is 18.7. The van der Waals surface area contributed by atoms with Crippen molar-refractivity contribution in [1.82, 2.24) is 19.4 Å². The second kappa shape index (κ2) is 8.12. The van der Waals surface area contributed by atoms with Gasteiger partial charge in [0, 0.05) is 27.2 Å². The average molecular weight is 375 g/mol. The summed E-state index contributed by atoms with van der Waals surface area (Å²) in [7, 11) is 3.49. The van der Waals surface area contributed by atoms with Gasteiger partial charge in [-0.05, 0) is 30.9 Å². The minimum atomic E-state index is 0.00588. The molecule has 0 saturated carbocycles. The molecule has 6 nitrogen and oxygen atoms in total. The lowest BCUT2D eigenvalue weighted by Crippen LogP contribution is -2.39. The van der Waals surface area contributed by atoms with E-state index in [9.17, 15) is 9.59 Å². The molecule has 1 aliphatic heterocycles. The van der Waals surface area contributed by atoms with E-state index < -0.39 is 0 Å². The normalized spacial score (nSPS) is 15.4. The number of nitrogens with zero attached hydrogens (tertiary/aromatic N) is 4. The number of likely N-dealkylation sites (tertiary alicyclic amines) is 1. The fourth-order valence-corrected chi connectivity index (χ4v) is 3.99. The summed E-state index contributed by atoms with van der Waals surface area (Å²) in [5.74, 6) is 1.21. The number of fused-ring (bicyclic) bond motifs is 1. The summed E-state index contributed by atoms with van der Waals surface area (Å²) >= 11 is 1.42. The van der Waals surface area contributed by atoms with Gasteiger partial charge in [0.25, 0.3) is 0 Å². The van der Waals surface area contributed by atoms with E-state index in [0.717, 1.165) is 42.1 Å². The molecule has 1 saturated heterocycles. The van der Waals surface area contributed by atoms with Gasteiger partial charge in [-0.25, -0.2) is 4.98 Å². The van der Waals surface area contributed by atoms with Gasteiger partial charge in [0.15, 0.2) is 5.16 Å². The third kappa shape index (κ3) is 4.20. The number of piperidine rings is 1. The Morgan fingerprint density at radius 2 is 1.92 bits per heavy atom. The molecule has 1 aromatic carbocycles. The minimum absolute atomic E-state index is 0.00588. The van der Waals surface area contributed by atoms with Gasteiger partial charge in [0.1, 0.15) is 6.54 Å². The van der Waals surface area contributed by atoms with Gasteiger partial charge in [-0.2, -0.15) is 0 Å². The molecular formula is C19H26N4O2S. The van der Waals surface area contributed by atoms with Crippen LogP contribution in [0.1, 0.15) is 19.8 Å². The van der Waals surface area contributed by atoms with Gasteiger partial charge >= 0.3 is 0 Å². The summed E-state index contributed by atoms with van der Waals surface area (Å²) in [4.78, 5) is 32.9. The van der Waals surface area contributed by atoms with Crippen molar-refractivity contribution >= 4 is 34.6 Å². The van der Waals surface area contributed by atoms with Crippen LogP contribution in [0.5, 0.6) is 0 Å². The van der Waals surface area contributed by atoms with Crippen LogP contribution in [0.25, 0.3) is 11.0 Å². The van der Waals surface area contributed by atoms with Gasteiger partial charge in [0.2, 0.25) is 11.8 Å². The lowest BCUT2D eigenvalue weighted by molar-refractivity contribution is -0.130. The van der Waals surface area contributed by atoms with E-state index in [1.165, 1.54) is 11.8 Å². The number of rotatable bonds is 5. The molecule has 2 amide bonds. The SMILES string of the molecule is CC1CCN(C(=O)CSc2nc3ccccc3n2CC(=O)N(C)C)CC1. The van der Waals surface area contributed by atoms with E-state index in [0.29, 0.717) is 11.7 Å². The highest BCUT2D eigenvalue weighted by atomic mass is 32.2. The predicted octanol–water partition coefficient (Wildman–Crippen LogP) is 2.48. The highest BCUT2D eigenvalue weighted by molar-refractivity contribution is 7.99. The summed E-state index contributed by atoms with van der Waals surface area (Å²) in [6, 6.07) is 7.77. The van der Waals surface area contributed by atoms with Crippen LogP contribution in [-0.2, 0) is 16.1 Å². The number of thioether (sulfide) groups is 1. The van der Waals surface area contributed by atoms with E-state index in [1.54, 1.807) is 19.0 Å². The number of para-hydroxylation sites is 2. The first-order chi connectivity index (χ1) is 12.5. The number of aromatic nitrogens is 2. The van der Waals surface area contributed by atoms with Crippen molar-refractivity contribution in [2.45, 2.75) is 31.5 Å². The number of likely N-dealkylation sites (N-methyl/N-ethyl adjacent to an activating group) is 1. The summed E-state index contributed by atoms with van der Waals surface area (Å²) < 4.78 is 1.91. The molecule has 1 aromatic heterocycles. The van der Waals surface area contributed by atoms with E-state index in [4.69, 9.17) is 0 Å². The molecule has 1 aliphatic rings. The monoisotopic (exact) mass is 374 g/mol. The first-order valence-electron chi connectivity index (χ1n) is 9.01. The van der Waals surface area contributed by atoms with Crippen LogP contribution in [0.3, 0.4) is 0 Å². The van der Waals surface area contributed by atoms with Crippen molar-refractivity contribution in [3.05, 3.63) is 24.3 Å². The standard InChI is InChI=1S/C19H26N4O2S/c1-14-8-10-22(11-9-14)18(25)13-26-19-20-15-6-4-5-7-16(15)23(19)12-17(24)21(2)3/h4-7,14H,8-13H2,1-3H3. The highest BCUT2D eigenvalue weighted by Gasteiger charge is 2.22. The Morgan fingerprint density at radius 3 is 2.62 bits per heavy atom. The van der Waals surface area contributed by atoms with Crippen LogP contribution in [0.4, 0.5) is 0 Å². The number of benzene rings is 1. The maximum absolute atomic E-state index is 12.5. The number of carbonyl (C=O) groups is 2. The topological polar surface area (TPSA) is 58.4 Å². The molecule has 0 unspecified atom stereocenters. The third-order valence-electron chi connectivity index (χ3n) is 4.87. The second-order valence-corrected chi connectivity index (χ2v) is 8.05. The van der Waals surface area contributed by atoms with E-state index >= 15 is 0 Å². The number of imidazole rings is 1. The molecule has 0 aliphatic carbocycles. The lowest BCUT2D eigenvalue weighted by atomic mass is 9.99. The smallest absolute Gasteiger partial charge is 0.242 e. The fourth-order valence-electron chi connectivity index (χ4n) is 3.07. The molecule has 1 fully saturated rings. The van der Waals surface area contributed by atoms with Crippen molar-refractivity contribution in [3.63, 3.8) is 0 Å². The lowest BCUT2D eigenvalue weighted by Gasteiger charge is -2.30. The first kappa shape index (κ1) is 18.8. The van der Waals surface area contributed by atoms with Gasteiger partial charge in [0.05, 0.1) is 16.8 Å². The second-order valence-electron chi connectivity index (χ2n) is 7.11. The van der Waals surface area contributed by atoms with Crippen molar-refractivity contribution in [1.29, 1.82) is 0 Å². The van der Waals surface area contributed by atoms with Crippen LogP contribution in [-0.4, -0.2) is 64.1 Å². The van der Waals surface area contributed by atoms with Gasteiger partial charge in [-0.15, -0.1) is 0 Å². The Kier molecular flexibility index (Phi) is 5.86. The third-order valence-corrected chi connectivity index (χ3v) is 5.83. The van der Waals surface area contributed by atoms with Crippen LogP contribution < -0.4 is 0 Å². The maximum atomic E-state index is 12.5. The molecule has 140 valence electrons. The Labute approximate surface area is 158 Å². The van der Waals surface area contributed by atoms with E-state index in [1.807, 2.05) is 33.7 Å². The molecule has 0 bridgehead atoms. The Balaban J connectivity index is 1.74. The van der Waals surface area contributed by atoms with Crippen molar-refractivity contribution in [2.24, 2.45) is 5.92 Å². The number of amides is 2. The molecule has 7 heteroatoms. The Hall–Kier alpha value is -2.02. The maximum Gasteiger partial charge on any atom is 0.242 e. The van der Waals surface area contributed by atoms with E-state index in [2.05, 4.69) is 11.9 Å². The molecule has 0 atom stereocenters. The van der Waals surface area contributed by atoms with Gasteiger partial charge in [-0.3, -0.25) is 9.59 Å². The van der Waals surface area contributed by atoms with Crippen molar-refractivity contribution < 1.29 is 9.59 Å². The molecule has 0 spiro atoms. The van der Waals surface area contributed by atoms with Crippen LogP contribution in [0.2, 0.25) is 0 Å². The zero-order valence-electron chi connectivity index (χ0n) is 15.6. The van der Waals surface area contributed by atoms with Gasteiger partial charge in [-0.1, -0.05) is 30.8 Å². The average Bonchev–Trinajstić information content (AvgIpc) is 2.98. The number of carbonyl (C=O) groups excluding carboxylic acids is 2. The zero-order valence-corrected chi connectivity index (χ0v) is 16.5. The highest BCUT2D eigenvalue weighted by Crippen LogP contribution is 2.25. The Morgan fingerprint density at radius 1 is 1.23 bits per heavy atom. The van der Waals surface area contributed by atoms with Crippen molar-refractivity contribution in [2.75, 3.05) is 32.9 Å². The van der Waals surface area contributed by atoms with Crippen LogP contribution >= 0.6 is 11.8 Å². The summed E-state index contributed by atoms with van der Waals surface area (Å²) in [6.45, 7) is 4.15. The molecule has 2 heterocycles. The summed E-state index contributed by atoms with van der Waals surface area (Å²) in [5.41, 5.74) is 1.77.